The molecule has 2 heterocycles. The van der Waals surface area contributed by atoms with Gasteiger partial charge in [-0.05, 0) is 24.3 Å². The molecule has 1 aromatic carbocycles. The molecule has 0 amide bonds. The van der Waals surface area contributed by atoms with Gasteiger partial charge in [-0.1, -0.05) is 32.1 Å². The van der Waals surface area contributed by atoms with Gasteiger partial charge in [0, 0.05) is 11.0 Å². The third-order valence-corrected chi connectivity index (χ3v) is 4.44. The van der Waals surface area contributed by atoms with Gasteiger partial charge in [-0.15, -0.1) is 0 Å². The summed E-state index contributed by atoms with van der Waals surface area (Å²) in [5.74, 6) is -0.319. The highest BCUT2D eigenvalue weighted by atomic mass is 32.1. The van der Waals surface area contributed by atoms with Crippen LogP contribution in [0.1, 0.15) is 36.3 Å². The van der Waals surface area contributed by atoms with Crippen molar-refractivity contribution in [3.05, 3.63) is 40.8 Å². The summed E-state index contributed by atoms with van der Waals surface area (Å²) < 4.78 is 14.6. The van der Waals surface area contributed by atoms with Crippen LogP contribution in [0, 0.1) is 5.82 Å². The predicted molar refractivity (Wildman–Crippen MR) is 80.3 cm³/mol. The molecular formula is C15H14FN3OS. The van der Waals surface area contributed by atoms with Gasteiger partial charge >= 0.3 is 0 Å². The summed E-state index contributed by atoms with van der Waals surface area (Å²) in [6.45, 7) is 6.19. The summed E-state index contributed by atoms with van der Waals surface area (Å²) in [6.07, 6.45) is 0.741. The Morgan fingerprint density at radius 3 is 2.48 bits per heavy atom. The summed E-state index contributed by atoms with van der Waals surface area (Å²) in [7, 11) is 0. The first-order valence-corrected chi connectivity index (χ1v) is 7.33. The van der Waals surface area contributed by atoms with Crippen LogP contribution < -0.4 is 0 Å². The Balaban J connectivity index is 2.19. The van der Waals surface area contributed by atoms with E-state index in [1.807, 2.05) is 0 Å². The van der Waals surface area contributed by atoms with E-state index in [9.17, 15) is 9.18 Å². The second-order valence-electron chi connectivity index (χ2n) is 5.82. The zero-order valence-electron chi connectivity index (χ0n) is 11.9. The molecule has 0 radical (unpaired) electrons. The Morgan fingerprint density at radius 2 is 1.90 bits per heavy atom. The van der Waals surface area contributed by atoms with E-state index in [2.05, 4.69) is 30.9 Å². The van der Waals surface area contributed by atoms with Crippen molar-refractivity contribution in [3.63, 3.8) is 0 Å². The minimum Gasteiger partial charge on any atom is -0.296 e. The van der Waals surface area contributed by atoms with Crippen LogP contribution in [0.5, 0.6) is 0 Å². The molecule has 0 bridgehead atoms. The zero-order chi connectivity index (χ0) is 15.2. The van der Waals surface area contributed by atoms with Gasteiger partial charge in [0.05, 0.1) is 0 Å². The molecule has 0 aliphatic carbocycles. The lowest BCUT2D eigenvalue weighted by Crippen LogP contribution is -2.11. The van der Waals surface area contributed by atoms with Crippen LogP contribution >= 0.6 is 11.3 Å². The maximum atomic E-state index is 13.0. The molecule has 0 atom stereocenters. The first kappa shape index (κ1) is 13.9. The van der Waals surface area contributed by atoms with Crippen molar-refractivity contribution in [2.75, 3.05) is 0 Å². The number of halogens is 1. The number of hydrogen-bond acceptors (Lipinski definition) is 4. The van der Waals surface area contributed by atoms with Crippen LogP contribution in [0.4, 0.5) is 4.39 Å². The maximum Gasteiger partial charge on any atom is 0.213 e. The maximum absolute atomic E-state index is 13.0. The molecule has 2 aromatic heterocycles. The summed E-state index contributed by atoms with van der Waals surface area (Å²) in [4.78, 5) is 16.6. The van der Waals surface area contributed by atoms with Crippen molar-refractivity contribution in [1.29, 1.82) is 0 Å². The van der Waals surface area contributed by atoms with Crippen LogP contribution in [0.25, 0.3) is 16.2 Å². The van der Waals surface area contributed by atoms with E-state index >= 15 is 0 Å². The zero-order valence-corrected chi connectivity index (χ0v) is 12.7. The van der Waals surface area contributed by atoms with Crippen molar-refractivity contribution in [1.82, 2.24) is 14.6 Å². The minimum atomic E-state index is -0.319. The monoisotopic (exact) mass is 303 g/mol. The Labute approximate surface area is 125 Å². The molecule has 108 valence electrons. The second-order valence-corrected chi connectivity index (χ2v) is 6.78. The Hall–Kier alpha value is -2.08. The van der Waals surface area contributed by atoms with Crippen molar-refractivity contribution in [2.45, 2.75) is 26.2 Å². The number of aromatic nitrogens is 3. The molecule has 0 saturated heterocycles. The number of imidazole rings is 1. The number of nitrogens with zero attached hydrogens (tertiary/aromatic N) is 3. The Kier molecular flexibility index (Phi) is 3.13. The highest BCUT2D eigenvalue weighted by molar-refractivity contribution is 7.16. The third-order valence-electron chi connectivity index (χ3n) is 3.11. The minimum absolute atomic E-state index is 0.0957. The van der Waals surface area contributed by atoms with Gasteiger partial charge in [-0.2, -0.15) is 9.61 Å². The first-order chi connectivity index (χ1) is 9.90. The van der Waals surface area contributed by atoms with Gasteiger partial charge in [0.1, 0.15) is 22.2 Å². The topological polar surface area (TPSA) is 47.3 Å². The number of fused-ring (bicyclic) bond motifs is 1. The molecule has 3 rings (SSSR count). The van der Waals surface area contributed by atoms with Gasteiger partial charge in [0.25, 0.3) is 0 Å². The lowest BCUT2D eigenvalue weighted by atomic mass is 9.98. The highest BCUT2D eigenvalue weighted by Gasteiger charge is 2.23. The fourth-order valence-corrected chi connectivity index (χ4v) is 2.96. The van der Waals surface area contributed by atoms with Crippen molar-refractivity contribution in [3.8, 4) is 11.3 Å². The fraction of sp³-hybridized carbons (Fsp3) is 0.267. The number of rotatable bonds is 2. The largest absolute Gasteiger partial charge is 0.296 e. The van der Waals surface area contributed by atoms with E-state index in [1.165, 1.54) is 23.5 Å². The van der Waals surface area contributed by atoms with E-state index in [0.29, 0.717) is 21.9 Å². The van der Waals surface area contributed by atoms with Gasteiger partial charge in [0.2, 0.25) is 4.96 Å². The first-order valence-electron chi connectivity index (χ1n) is 6.51. The molecule has 3 aromatic rings. The highest BCUT2D eigenvalue weighted by Crippen LogP contribution is 2.31. The van der Waals surface area contributed by atoms with Crippen LogP contribution in [-0.4, -0.2) is 20.9 Å². The molecule has 0 saturated carbocycles. The quantitative estimate of drug-likeness (QED) is 0.678. The van der Waals surface area contributed by atoms with E-state index in [-0.39, 0.29) is 11.2 Å². The SMILES string of the molecule is CC(C)(C)c1nn2c(C=O)c(-c3ccc(F)cc3)nc2s1. The van der Waals surface area contributed by atoms with Crippen LogP contribution in [-0.2, 0) is 5.41 Å². The molecule has 6 heteroatoms. The van der Waals surface area contributed by atoms with Gasteiger partial charge in [0.15, 0.2) is 6.29 Å². The van der Waals surface area contributed by atoms with E-state index < -0.39 is 0 Å². The van der Waals surface area contributed by atoms with Crippen molar-refractivity contribution in [2.24, 2.45) is 0 Å². The van der Waals surface area contributed by atoms with E-state index in [4.69, 9.17) is 0 Å². The van der Waals surface area contributed by atoms with Crippen molar-refractivity contribution >= 4 is 22.6 Å². The Morgan fingerprint density at radius 1 is 1.24 bits per heavy atom. The van der Waals surface area contributed by atoms with Gasteiger partial charge in [-0.25, -0.2) is 9.37 Å². The average Bonchev–Trinajstić information content (AvgIpc) is 2.96. The summed E-state index contributed by atoms with van der Waals surface area (Å²) >= 11 is 1.46. The molecular weight excluding hydrogens is 289 g/mol. The van der Waals surface area contributed by atoms with Gasteiger partial charge in [-0.3, -0.25) is 4.79 Å². The standard InChI is InChI=1S/C15H14FN3OS/c1-15(2,3)13-18-19-11(8-20)12(17-14(19)21-13)9-4-6-10(16)7-5-9/h4-8H,1-3H3. The number of carbonyl (C=O) groups is 1. The van der Waals surface area contributed by atoms with E-state index in [0.717, 1.165) is 11.3 Å². The lowest BCUT2D eigenvalue weighted by molar-refractivity contribution is 0.111. The van der Waals surface area contributed by atoms with Crippen LogP contribution in [0.15, 0.2) is 24.3 Å². The summed E-state index contributed by atoms with van der Waals surface area (Å²) in [6, 6.07) is 5.93. The number of hydrogen-bond donors (Lipinski definition) is 0. The fourth-order valence-electron chi connectivity index (χ4n) is 1.99. The molecule has 0 aliphatic rings. The third kappa shape index (κ3) is 2.35. The summed E-state index contributed by atoms with van der Waals surface area (Å²) in [5, 5.41) is 5.40. The molecule has 4 nitrogen and oxygen atoms in total. The van der Waals surface area contributed by atoms with Gasteiger partial charge < -0.3 is 0 Å². The molecule has 0 unspecified atom stereocenters. The Bertz CT molecular complexity index is 812. The van der Waals surface area contributed by atoms with E-state index in [1.54, 1.807) is 16.6 Å². The van der Waals surface area contributed by atoms with Crippen LogP contribution in [0.2, 0.25) is 0 Å². The molecule has 0 N–H and O–H groups in total. The predicted octanol–water partition coefficient (Wildman–Crippen LogP) is 3.71. The summed E-state index contributed by atoms with van der Waals surface area (Å²) in [5.41, 5.74) is 1.53. The molecule has 0 fully saturated rings. The lowest BCUT2D eigenvalue weighted by Gasteiger charge is -2.12. The number of benzene rings is 1. The molecule has 0 aliphatic heterocycles. The second kappa shape index (κ2) is 4.73. The van der Waals surface area contributed by atoms with Crippen LogP contribution in [0.3, 0.4) is 0 Å². The number of aldehydes is 1. The molecule has 21 heavy (non-hydrogen) atoms. The molecule has 0 spiro atoms. The number of carbonyl (C=O) groups excluding carboxylic acids is 1. The normalized spacial score (nSPS) is 12.0. The van der Waals surface area contributed by atoms with Crippen molar-refractivity contribution < 1.29 is 9.18 Å². The smallest absolute Gasteiger partial charge is 0.213 e. The average molecular weight is 303 g/mol.